The molecule has 1 aliphatic heterocycles. The second kappa shape index (κ2) is 5.57. The van der Waals surface area contributed by atoms with E-state index in [0.717, 1.165) is 5.56 Å². The molecular weight excluding hydrogens is 245 g/mol. The standard InChI is InChI=1S/C15H22FNO2/c1-10-4-5-13(8-14(10)16)11(2)17-9-15(18)6-7-19-12(15)3/h4-5,8,11-12,17-18H,6-7,9H2,1-3H3. The molecule has 0 bridgehead atoms. The highest BCUT2D eigenvalue weighted by molar-refractivity contribution is 5.25. The summed E-state index contributed by atoms with van der Waals surface area (Å²) in [6, 6.07) is 5.23. The van der Waals surface area contributed by atoms with Gasteiger partial charge in [-0.1, -0.05) is 12.1 Å². The Labute approximate surface area is 113 Å². The van der Waals surface area contributed by atoms with Gasteiger partial charge >= 0.3 is 0 Å². The van der Waals surface area contributed by atoms with Crippen LogP contribution in [0.2, 0.25) is 0 Å². The van der Waals surface area contributed by atoms with E-state index in [1.165, 1.54) is 0 Å². The molecule has 0 amide bonds. The van der Waals surface area contributed by atoms with E-state index in [9.17, 15) is 9.50 Å². The molecule has 3 unspecified atom stereocenters. The molecule has 0 saturated carbocycles. The Hall–Kier alpha value is -0.970. The highest BCUT2D eigenvalue weighted by Gasteiger charge is 2.39. The molecule has 2 N–H and O–H groups in total. The van der Waals surface area contributed by atoms with Crippen molar-refractivity contribution in [2.45, 2.75) is 44.9 Å². The zero-order chi connectivity index (χ0) is 14.0. The van der Waals surface area contributed by atoms with Crippen molar-refractivity contribution < 1.29 is 14.2 Å². The Morgan fingerprint density at radius 2 is 2.32 bits per heavy atom. The number of rotatable bonds is 4. The summed E-state index contributed by atoms with van der Waals surface area (Å²) >= 11 is 0. The molecule has 0 aromatic heterocycles. The molecule has 1 saturated heterocycles. The van der Waals surface area contributed by atoms with E-state index < -0.39 is 5.60 Å². The van der Waals surface area contributed by atoms with Gasteiger partial charge in [-0.25, -0.2) is 4.39 Å². The first kappa shape index (κ1) is 14.4. The molecule has 1 aromatic rings. The minimum atomic E-state index is -0.822. The Morgan fingerprint density at radius 1 is 1.58 bits per heavy atom. The van der Waals surface area contributed by atoms with Crippen LogP contribution in [-0.2, 0) is 4.74 Å². The van der Waals surface area contributed by atoms with Gasteiger partial charge in [0.1, 0.15) is 11.4 Å². The number of hydrogen-bond donors (Lipinski definition) is 2. The second-order valence-corrected chi connectivity index (χ2v) is 5.48. The van der Waals surface area contributed by atoms with Crippen molar-refractivity contribution in [3.63, 3.8) is 0 Å². The maximum atomic E-state index is 13.5. The predicted octanol–water partition coefficient (Wildman–Crippen LogP) is 2.32. The lowest BCUT2D eigenvalue weighted by Crippen LogP contribution is -2.46. The summed E-state index contributed by atoms with van der Waals surface area (Å²) < 4.78 is 18.9. The number of ether oxygens (including phenoxy) is 1. The maximum absolute atomic E-state index is 13.5. The first-order valence-corrected chi connectivity index (χ1v) is 6.76. The van der Waals surface area contributed by atoms with Gasteiger partial charge in [0, 0.05) is 25.6 Å². The molecule has 19 heavy (non-hydrogen) atoms. The third kappa shape index (κ3) is 3.14. The summed E-state index contributed by atoms with van der Waals surface area (Å²) in [7, 11) is 0. The summed E-state index contributed by atoms with van der Waals surface area (Å²) in [4.78, 5) is 0. The van der Waals surface area contributed by atoms with Gasteiger partial charge in [0.15, 0.2) is 0 Å². The summed E-state index contributed by atoms with van der Waals surface area (Å²) in [5, 5.41) is 13.7. The lowest BCUT2D eigenvalue weighted by atomic mass is 9.96. The fourth-order valence-corrected chi connectivity index (χ4v) is 2.33. The quantitative estimate of drug-likeness (QED) is 0.879. The van der Waals surface area contributed by atoms with Crippen LogP contribution in [0.3, 0.4) is 0 Å². The highest BCUT2D eigenvalue weighted by Crippen LogP contribution is 2.26. The third-order valence-corrected chi connectivity index (χ3v) is 4.07. The number of benzene rings is 1. The van der Waals surface area contributed by atoms with E-state index in [1.807, 2.05) is 19.9 Å². The zero-order valence-electron chi connectivity index (χ0n) is 11.7. The van der Waals surface area contributed by atoms with Gasteiger partial charge in [-0.15, -0.1) is 0 Å². The van der Waals surface area contributed by atoms with Crippen molar-refractivity contribution in [2.24, 2.45) is 0 Å². The summed E-state index contributed by atoms with van der Waals surface area (Å²) in [6.45, 7) is 6.63. The van der Waals surface area contributed by atoms with E-state index in [0.29, 0.717) is 25.1 Å². The molecule has 1 aliphatic rings. The van der Waals surface area contributed by atoms with Crippen LogP contribution in [0.4, 0.5) is 4.39 Å². The second-order valence-electron chi connectivity index (χ2n) is 5.48. The molecule has 0 radical (unpaired) electrons. The Kier molecular flexibility index (Phi) is 4.23. The van der Waals surface area contributed by atoms with E-state index >= 15 is 0 Å². The molecule has 0 aliphatic carbocycles. The van der Waals surface area contributed by atoms with Crippen molar-refractivity contribution >= 4 is 0 Å². The minimum absolute atomic E-state index is 0.00748. The molecule has 2 rings (SSSR count). The van der Waals surface area contributed by atoms with Gasteiger partial charge < -0.3 is 15.2 Å². The largest absolute Gasteiger partial charge is 0.386 e. The number of hydrogen-bond acceptors (Lipinski definition) is 3. The maximum Gasteiger partial charge on any atom is 0.126 e. The monoisotopic (exact) mass is 267 g/mol. The van der Waals surface area contributed by atoms with E-state index in [-0.39, 0.29) is 18.0 Å². The normalized spacial score (nSPS) is 28.6. The van der Waals surface area contributed by atoms with Crippen LogP contribution >= 0.6 is 0 Å². The fourth-order valence-electron chi connectivity index (χ4n) is 2.33. The molecule has 106 valence electrons. The van der Waals surface area contributed by atoms with Crippen LogP contribution in [0.15, 0.2) is 18.2 Å². The average molecular weight is 267 g/mol. The van der Waals surface area contributed by atoms with Crippen LogP contribution < -0.4 is 5.32 Å². The van der Waals surface area contributed by atoms with Crippen LogP contribution in [0, 0.1) is 12.7 Å². The molecule has 0 spiro atoms. The van der Waals surface area contributed by atoms with Crippen molar-refractivity contribution in [3.8, 4) is 0 Å². The van der Waals surface area contributed by atoms with Gasteiger partial charge in [0.05, 0.1) is 6.10 Å². The van der Waals surface area contributed by atoms with Crippen molar-refractivity contribution in [1.82, 2.24) is 5.32 Å². The zero-order valence-corrected chi connectivity index (χ0v) is 11.7. The van der Waals surface area contributed by atoms with E-state index in [2.05, 4.69) is 5.32 Å². The van der Waals surface area contributed by atoms with Gasteiger partial charge in [-0.05, 0) is 38.0 Å². The Balaban J connectivity index is 1.97. The summed E-state index contributed by atoms with van der Waals surface area (Å²) in [5.41, 5.74) is 0.711. The van der Waals surface area contributed by atoms with Gasteiger partial charge in [-0.3, -0.25) is 0 Å². The van der Waals surface area contributed by atoms with Crippen LogP contribution in [0.5, 0.6) is 0 Å². The van der Waals surface area contributed by atoms with Gasteiger partial charge in [0.25, 0.3) is 0 Å². The lowest BCUT2D eigenvalue weighted by molar-refractivity contribution is -0.0274. The Bertz CT molecular complexity index is 452. The average Bonchev–Trinajstić information content (AvgIpc) is 2.71. The topological polar surface area (TPSA) is 41.5 Å². The number of aliphatic hydroxyl groups is 1. The smallest absolute Gasteiger partial charge is 0.126 e. The minimum Gasteiger partial charge on any atom is -0.386 e. The van der Waals surface area contributed by atoms with Gasteiger partial charge in [0.2, 0.25) is 0 Å². The predicted molar refractivity (Wildman–Crippen MR) is 72.5 cm³/mol. The SMILES string of the molecule is Cc1ccc(C(C)NCC2(O)CCOC2C)cc1F. The Morgan fingerprint density at radius 3 is 2.89 bits per heavy atom. The molecular formula is C15H22FNO2. The van der Waals surface area contributed by atoms with Crippen molar-refractivity contribution in [2.75, 3.05) is 13.2 Å². The molecule has 1 fully saturated rings. The molecule has 4 heteroatoms. The van der Waals surface area contributed by atoms with E-state index in [1.54, 1.807) is 19.1 Å². The summed E-state index contributed by atoms with van der Waals surface area (Å²) in [5.74, 6) is -0.192. The molecule has 3 nitrogen and oxygen atoms in total. The highest BCUT2D eigenvalue weighted by atomic mass is 19.1. The first-order valence-electron chi connectivity index (χ1n) is 6.76. The number of halogens is 1. The summed E-state index contributed by atoms with van der Waals surface area (Å²) in [6.07, 6.45) is 0.470. The third-order valence-electron chi connectivity index (χ3n) is 4.07. The lowest BCUT2D eigenvalue weighted by Gasteiger charge is -2.28. The van der Waals surface area contributed by atoms with Crippen LogP contribution in [-0.4, -0.2) is 30.0 Å². The molecule has 1 heterocycles. The number of aryl methyl sites for hydroxylation is 1. The van der Waals surface area contributed by atoms with E-state index in [4.69, 9.17) is 4.74 Å². The number of nitrogens with one attached hydrogen (secondary N) is 1. The first-order chi connectivity index (χ1) is 8.92. The van der Waals surface area contributed by atoms with Crippen molar-refractivity contribution in [1.29, 1.82) is 0 Å². The molecule has 1 aromatic carbocycles. The van der Waals surface area contributed by atoms with Gasteiger partial charge in [-0.2, -0.15) is 0 Å². The van der Waals surface area contributed by atoms with Crippen LogP contribution in [0.25, 0.3) is 0 Å². The fraction of sp³-hybridized carbons (Fsp3) is 0.600. The van der Waals surface area contributed by atoms with Crippen molar-refractivity contribution in [3.05, 3.63) is 35.1 Å². The molecule has 3 atom stereocenters. The van der Waals surface area contributed by atoms with Crippen LogP contribution in [0.1, 0.15) is 37.4 Å².